The van der Waals surface area contributed by atoms with Crippen molar-refractivity contribution in [3.05, 3.63) is 36.0 Å². The molecule has 2 aromatic heterocycles. The molecular formula is C15H16F2N4OS. The van der Waals surface area contributed by atoms with Gasteiger partial charge in [-0.15, -0.1) is 0 Å². The van der Waals surface area contributed by atoms with Gasteiger partial charge in [0.1, 0.15) is 0 Å². The number of alkyl halides is 2. The minimum absolute atomic E-state index is 0.148. The fourth-order valence-electron chi connectivity index (χ4n) is 2.15. The zero-order valence-electron chi connectivity index (χ0n) is 12.9. The van der Waals surface area contributed by atoms with Crippen LogP contribution in [0.2, 0.25) is 0 Å². The molecule has 0 unspecified atom stereocenters. The monoisotopic (exact) mass is 338 g/mol. The van der Waals surface area contributed by atoms with Crippen molar-refractivity contribution in [2.75, 3.05) is 0 Å². The zero-order chi connectivity index (χ0) is 16.6. The average molecular weight is 338 g/mol. The number of para-hydroxylation sites is 2. The smallest absolute Gasteiger partial charge is 0.321 e. The van der Waals surface area contributed by atoms with E-state index in [-0.39, 0.29) is 16.3 Å². The molecule has 8 heteroatoms. The van der Waals surface area contributed by atoms with E-state index in [4.69, 9.17) is 4.52 Å². The van der Waals surface area contributed by atoms with E-state index in [1.165, 1.54) is 11.8 Å². The zero-order valence-corrected chi connectivity index (χ0v) is 13.7. The summed E-state index contributed by atoms with van der Waals surface area (Å²) in [6.07, 6.45) is 0. The first-order chi connectivity index (χ1) is 11.0. The van der Waals surface area contributed by atoms with Gasteiger partial charge in [-0.25, -0.2) is 4.98 Å². The first-order valence-corrected chi connectivity index (χ1v) is 8.10. The molecule has 0 spiro atoms. The summed E-state index contributed by atoms with van der Waals surface area (Å²) in [6.45, 7) is 3.09. The molecular weight excluding hydrogens is 322 g/mol. The summed E-state index contributed by atoms with van der Waals surface area (Å²) in [5.74, 6) is 1.16. The van der Waals surface area contributed by atoms with Gasteiger partial charge in [0.05, 0.1) is 16.3 Å². The fraction of sp³-hybridized carbons (Fsp3) is 0.400. The molecule has 3 rings (SSSR count). The highest BCUT2D eigenvalue weighted by Crippen LogP contribution is 2.37. The van der Waals surface area contributed by atoms with Gasteiger partial charge in [-0.2, -0.15) is 13.8 Å². The van der Waals surface area contributed by atoms with Crippen molar-refractivity contribution in [3.8, 4) is 0 Å². The predicted molar refractivity (Wildman–Crippen MR) is 83.6 cm³/mol. The Hall–Kier alpha value is -1.96. The van der Waals surface area contributed by atoms with Crippen molar-refractivity contribution >= 4 is 22.8 Å². The largest absolute Gasteiger partial charge is 0.338 e. The number of aromatic nitrogens is 4. The van der Waals surface area contributed by atoms with Gasteiger partial charge in [0.2, 0.25) is 5.89 Å². The number of thioether (sulfide) groups is 1. The Bertz CT molecular complexity index is 815. The van der Waals surface area contributed by atoms with Gasteiger partial charge < -0.3 is 4.52 Å². The normalized spacial score (nSPS) is 13.3. The summed E-state index contributed by atoms with van der Waals surface area (Å²) in [4.78, 5) is 8.61. The lowest BCUT2D eigenvalue weighted by atomic mass is 10.2. The van der Waals surface area contributed by atoms with Crippen molar-refractivity contribution in [2.45, 2.75) is 43.6 Å². The Labute approximate surface area is 136 Å². The number of hydrogen-bond acceptors (Lipinski definition) is 5. The highest BCUT2D eigenvalue weighted by Gasteiger charge is 2.23. The van der Waals surface area contributed by atoms with E-state index in [9.17, 15) is 8.78 Å². The third-order valence-electron chi connectivity index (χ3n) is 3.36. The molecule has 0 aliphatic heterocycles. The van der Waals surface area contributed by atoms with E-state index in [0.717, 1.165) is 4.57 Å². The predicted octanol–water partition coefficient (Wildman–Crippen LogP) is 4.79. The molecule has 2 heterocycles. The first kappa shape index (κ1) is 15.9. The van der Waals surface area contributed by atoms with Crippen LogP contribution in [0, 0.1) is 0 Å². The Morgan fingerprint density at radius 2 is 1.87 bits per heavy atom. The molecule has 0 aliphatic rings. The second-order valence-electron chi connectivity index (χ2n) is 5.44. The molecule has 23 heavy (non-hydrogen) atoms. The van der Waals surface area contributed by atoms with E-state index in [1.54, 1.807) is 24.3 Å². The van der Waals surface area contributed by atoms with Crippen LogP contribution in [0.25, 0.3) is 11.0 Å². The summed E-state index contributed by atoms with van der Waals surface area (Å²) in [6, 6.07) is 6.84. The number of fused-ring (bicyclic) bond motifs is 1. The van der Waals surface area contributed by atoms with Crippen LogP contribution in [0.3, 0.4) is 0 Å². The third kappa shape index (κ3) is 3.08. The lowest BCUT2D eigenvalue weighted by Gasteiger charge is -2.09. The number of hydrogen-bond donors (Lipinski definition) is 0. The Morgan fingerprint density at radius 1 is 1.13 bits per heavy atom. The van der Waals surface area contributed by atoms with Crippen molar-refractivity contribution < 1.29 is 13.3 Å². The van der Waals surface area contributed by atoms with Crippen LogP contribution in [-0.4, -0.2) is 19.7 Å². The van der Waals surface area contributed by atoms with Gasteiger partial charge in [0.25, 0.3) is 0 Å². The molecule has 0 radical (unpaired) electrons. The van der Waals surface area contributed by atoms with Crippen molar-refractivity contribution in [1.29, 1.82) is 0 Å². The molecule has 0 saturated heterocycles. The van der Waals surface area contributed by atoms with E-state index in [1.807, 2.05) is 20.8 Å². The minimum atomic E-state index is -2.66. The number of benzene rings is 1. The molecule has 3 aromatic rings. The standard InChI is InChI=1S/C15H16F2N4OS/c1-8(2)12-19-13(22-20-12)9(3)23-15-18-10-6-4-5-7-11(10)21(15)14(16)17/h4-9,14H,1-3H3/t9-/m1/s1. The second-order valence-corrected chi connectivity index (χ2v) is 6.74. The summed E-state index contributed by atoms with van der Waals surface area (Å²) in [7, 11) is 0. The van der Waals surface area contributed by atoms with E-state index < -0.39 is 6.55 Å². The van der Waals surface area contributed by atoms with Crippen LogP contribution in [0.4, 0.5) is 8.78 Å². The molecule has 5 nitrogen and oxygen atoms in total. The minimum Gasteiger partial charge on any atom is -0.338 e. The van der Waals surface area contributed by atoms with Gasteiger partial charge >= 0.3 is 6.55 Å². The Balaban J connectivity index is 1.92. The molecule has 122 valence electrons. The SMILES string of the molecule is CC(C)c1noc([C@@H](C)Sc2nc3ccccc3n2C(F)F)n1. The fourth-order valence-corrected chi connectivity index (χ4v) is 3.10. The molecule has 0 aliphatic carbocycles. The van der Waals surface area contributed by atoms with Crippen molar-refractivity contribution in [3.63, 3.8) is 0 Å². The average Bonchev–Trinajstić information content (AvgIpc) is 3.11. The van der Waals surface area contributed by atoms with Crippen LogP contribution in [0.5, 0.6) is 0 Å². The maximum absolute atomic E-state index is 13.4. The molecule has 0 N–H and O–H groups in total. The second kappa shape index (κ2) is 6.27. The van der Waals surface area contributed by atoms with Gasteiger partial charge in [0, 0.05) is 5.92 Å². The summed E-state index contributed by atoms with van der Waals surface area (Å²) in [5.41, 5.74) is 0.946. The highest BCUT2D eigenvalue weighted by atomic mass is 32.2. The van der Waals surface area contributed by atoms with E-state index >= 15 is 0 Å². The molecule has 0 bridgehead atoms. The quantitative estimate of drug-likeness (QED) is 0.626. The summed E-state index contributed by atoms with van der Waals surface area (Å²) < 4.78 is 33.0. The number of nitrogens with zero attached hydrogens (tertiary/aromatic N) is 4. The molecule has 1 atom stereocenters. The maximum atomic E-state index is 13.4. The third-order valence-corrected chi connectivity index (χ3v) is 4.42. The Morgan fingerprint density at radius 3 is 2.52 bits per heavy atom. The molecule has 1 aromatic carbocycles. The lowest BCUT2D eigenvalue weighted by Crippen LogP contribution is -2.01. The Kier molecular flexibility index (Phi) is 4.34. The summed E-state index contributed by atoms with van der Waals surface area (Å²) in [5, 5.41) is 3.86. The molecule has 0 saturated carbocycles. The van der Waals surface area contributed by atoms with Crippen LogP contribution < -0.4 is 0 Å². The van der Waals surface area contributed by atoms with Gasteiger partial charge in [-0.05, 0) is 19.1 Å². The van der Waals surface area contributed by atoms with Crippen LogP contribution in [-0.2, 0) is 0 Å². The molecule has 0 amide bonds. The van der Waals surface area contributed by atoms with Gasteiger partial charge in [-0.3, -0.25) is 4.57 Å². The van der Waals surface area contributed by atoms with Crippen LogP contribution in [0.1, 0.15) is 50.2 Å². The first-order valence-electron chi connectivity index (χ1n) is 7.22. The molecule has 0 fully saturated rings. The van der Waals surface area contributed by atoms with Gasteiger partial charge in [0.15, 0.2) is 11.0 Å². The summed E-state index contributed by atoms with van der Waals surface area (Å²) >= 11 is 1.18. The van der Waals surface area contributed by atoms with E-state index in [2.05, 4.69) is 15.1 Å². The lowest BCUT2D eigenvalue weighted by molar-refractivity contribution is 0.0656. The maximum Gasteiger partial charge on any atom is 0.321 e. The number of rotatable bonds is 5. The topological polar surface area (TPSA) is 56.7 Å². The number of halogens is 2. The van der Waals surface area contributed by atoms with Crippen molar-refractivity contribution in [1.82, 2.24) is 19.7 Å². The van der Waals surface area contributed by atoms with Crippen LogP contribution >= 0.6 is 11.8 Å². The van der Waals surface area contributed by atoms with Crippen LogP contribution in [0.15, 0.2) is 33.9 Å². The number of imidazole rings is 1. The van der Waals surface area contributed by atoms with Gasteiger partial charge in [-0.1, -0.05) is 42.9 Å². The van der Waals surface area contributed by atoms with E-state index in [0.29, 0.717) is 22.7 Å². The van der Waals surface area contributed by atoms with Crippen molar-refractivity contribution in [2.24, 2.45) is 0 Å². The highest BCUT2D eigenvalue weighted by molar-refractivity contribution is 7.99.